The van der Waals surface area contributed by atoms with Crippen molar-refractivity contribution >= 4 is 29.6 Å². The van der Waals surface area contributed by atoms with E-state index in [1.54, 1.807) is 0 Å². The number of unbranched alkanes of at least 4 members (excludes halogenated alkanes) is 2. The summed E-state index contributed by atoms with van der Waals surface area (Å²) in [5.74, 6) is -4.23. The first-order chi connectivity index (χ1) is 16.1. The normalized spacial score (nSPS) is 14.4. The molecule has 0 saturated heterocycles. The Morgan fingerprint density at radius 3 is 1.65 bits per heavy atom. The highest BCUT2D eigenvalue weighted by Crippen LogP contribution is 2.06. The zero-order chi connectivity index (χ0) is 26.1. The molecule has 4 amide bonds. The number of aliphatic hydroxyl groups is 1. The largest absolute Gasteiger partial charge is 0.480 e. The third kappa shape index (κ3) is 13.0. The third-order valence-corrected chi connectivity index (χ3v) is 5.00. The highest BCUT2D eigenvalue weighted by atomic mass is 16.4. The Kier molecular flexibility index (Phi) is 16.2. The summed E-state index contributed by atoms with van der Waals surface area (Å²) >= 11 is 0. The van der Waals surface area contributed by atoms with Gasteiger partial charge in [-0.05, 0) is 58.0 Å². The molecule has 0 fully saturated rings. The van der Waals surface area contributed by atoms with Crippen LogP contribution in [0, 0.1) is 0 Å². The molecule has 0 aliphatic rings. The lowest BCUT2D eigenvalue weighted by molar-refractivity contribution is -0.142. The van der Waals surface area contributed by atoms with Crippen LogP contribution in [0.5, 0.6) is 0 Å². The summed E-state index contributed by atoms with van der Waals surface area (Å²) in [5, 5.41) is 26.0. The molecule has 0 heterocycles. The second-order valence-electron chi connectivity index (χ2n) is 7.88. The fourth-order valence-corrected chi connectivity index (χ4v) is 2.96. The van der Waals surface area contributed by atoms with Crippen LogP contribution in [-0.4, -0.2) is 83.7 Å². The summed E-state index contributed by atoms with van der Waals surface area (Å²) < 4.78 is 0. The molecular formula is C20H39N7O7. The molecule has 14 nitrogen and oxygen atoms in total. The first-order valence-corrected chi connectivity index (χ1v) is 11.3. The molecule has 4 unspecified atom stereocenters. The number of carboxylic acid groups (broad SMARTS) is 1. The molecule has 0 aliphatic heterocycles. The molecule has 4 atom stereocenters. The van der Waals surface area contributed by atoms with E-state index in [0.717, 1.165) is 0 Å². The second kappa shape index (κ2) is 17.6. The number of amides is 4. The molecule has 34 heavy (non-hydrogen) atoms. The van der Waals surface area contributed by atoms with E-state index in [2.05, 4.69) is 16.0 Å². The van der Waals surface area contributed by atoms with Crippen molar-refractivity contribution in [3.8, 4) is 0 Å². The number of aliphatic carboxylic acids is 1. The average Bonchev–Trinajstić information content (AvgIpc) is 2.79. The number of nitrogens with two attached hydrogens (primary N) is 4. The Labute approximate surface area is 198 Å². The zero-order valence-electron chi connectivity index (χ0n) is 19.3. The van der Waals surface area contributed by atoms with Gasteiger partial charge in [0.1, 0.15) is 18.1 Å². The highest BCUT2D eigenvalue weighted by molar-refractivity contribution is 5.94. The quantitative estimate of drug-likeness (QED) is 0.0803. The van der Waals surface area contributed by atoms with Gasteiger partial charge in [0.05, 0.1) is 12.6 Å². The number of aliphatic hydroxyl groups excluding tert-OH is 1. The van der Waals surface area contributed by atoms with Crippen LogP contribution in [0.25, 0.3) is 0 Å². The van der Waals surface area contributed by atoms with Gasteiger partial charge >= 0.3 is 5.97 Å². The maximum absolute atomic E-state index is 12.8. The molecule has 0 bridgehead atoms. The number of hydrogen-bond donors (Lipinski definition) is 9. The summed E-state index contributed by atoms with van der Waals surface area (Å²) in [5.41, 5.74) is 21.6. The summed E-state index contributed by atoms with van der Waals surface area (Å²) in [4.78, 5) is 59.9. The molecule has 0 aromatic rings. The van der Waals surface area contributed by atoms with E-state index in [4.69, 9.17) is 22.9 Å². The summed E-state index contributed by atoms with van der Waals surface area (Å²) in [7, 11) is 0. The molecule has 13 N–H and O–H groups in total. The van der Waals surface area contributed by atoms with Crippen LogP contribution < -0.4 is 38.9 Å². The SMILES string of the molecule is NCCCCC(NC(=O)C(CCCCN)NC(=O)C(CO)NC(=O)C(N)CCC(N)=O)C(=O)O. The fourth-order valence-electron chi connectivity index (χ4n) is 2.96. The second-order valence-corrected chi connectivity index (χ2v) is 7.88. The van der Waals surface area contributed by atoms with Gasteiger partial charge in [-0.15, -0.1) is 0 Å². The van der Waals surface area contributed by atoms with Gasteiger partial charge in [-0.25, -0.2) is 4.79 Å². The lowest BCUT2D eigenvalue weighted by Crippen LogP contribution is -2.58. The number of primary amides is 1. The molecule has 14 heteroatoms. The zero-order valence-corrected chi connectivity index (χ0v) is 19.3. The minimum atomic E-state index is -1.42. The number of carboxylic acids is 1. The predicted octanol–water partition coefficient (Wildman–Crippen LogP) is -3.63. The number of carbonyl (C=O) groups is 5. The van der Waals surface area contributed by atoms with Crippen molar-refractivity contribution in [2.24, 2.45) is 22.9 Å². The van der Waals surface area contributed by atoms with Crippen LogP contribution in [-0.2, 0) is 24.0 Å². The van der Waals surface area contributed by atoms with Crippen molar-refractivity contribution in [2.45, 2.75) is 75.5 Å². The third-order valence-electron chi connectivity index (χ3n) is 5.00. The summed E-state index contributed by atoms with van der Waals surface area (Å²) in [6.45, 7) is -0.0375. The smallest absolute Gasteiger partial charge is 0.326 e. The van der Waals surface area contributed by atoms with Crippen molar-refractivity contribution in [1.82, 2.24) is 16.0 Å². The highest BCUT2D eigenvalue weighted by Gasteiger charge is 2.29. The summed E-state index contributed by atoms with van der Waals surface area (Å²) in [6.07, 6.45) is 2.26. The Morgan fingerprint density at radius 1 is 0.706 bits per heavy atom. The number of nitrogens with one attached hydrogen (secondary N) is 3. The maximum Gasteiger partial charge on any atom is 0.326 e. The first-order valence-electron chi connectivity index (χ1n) is 11.3. The molecule has 0 aliphatic carbocycles. The Balaban J connectivity index is 5.21. The van der Waals surface area contributed by atoms with Gasteiger partial charge in [0.15, 0.2) is 0 Å². The van der Waals surface area contributed by atoms with Crippen LogP contribution in [0.4, 0.5) is 0 Å². The van der Waals surface area contributed by atoms with E-state index in [9.17, 15) is 34.2 Å². The molecule has 0 aromatic heterocycles. The summed E-state index contributed by atoms with van der Waals surface area (Å²) in [6, 6.07) is -4.84. The van der Waals surface area contributed by atoms with Gasteiger partial charge in [0.25, 0.3) is 0 Å². The van der Waals surface area contributed by atoms with Crippen molar-refractivity contribution in [2.75, 3.05) is 19.7 Å². The van der Waals surface area contributed by atoms with Crippen molar-refractivity contribution < 1.29 is 34.2 Å². The molecule has 196 valence electrons. The fraction of sp³-hybridized carbons (Fsp3) is 0.750. The minimum Gasteiger partial charge on any atom is -0.480 e. The molecule has 0 radical (unpaired) electrons. The van der Waals surface area contributed by atoms with E-state index in [1.165, 1.54) is 0 Å². The Hall–Kier alpha value is -2.81. The van der Waals surface area contributed by atoms with Crippen LogP contribution in [0.1, 0.15) is 51.4 Å². The molecule has 0 aromatic carbocycles. The molecule has 0 rings (SSSR count). The number of carbonyl (C=O) groups excluding carboxylic acids is 4. The van der Waals surface area contributed by atoms with E-state index < -0.39 is 60.4 Å². The Morgan fingerprint density at radius 2 is 1.18 bits per heavy atom. The van der Waals surface area contributed by atoms with E-state index in [1.807, 2.05) is 0 Å². The Bertz CT molecular complexity index is 678. The lowest BCUT2D eigenvalue weighted by atomic mass is 10.1. The molecule has 0 spiro atoms. The van der Waals surface area contributed by atoms with E-state index in [0.29, 0.717) is 38.8 Å². The van der Waals surface area contributed by atoms with Crippen LogP contribution in [0.15, 0.2) is 0 Å². The van der Waals surface area contributed by atoms with Gasteiger partial charge < -0.3 is 49.1 Å². The van der Waals surface area contributed by atoms with Crippen molar-refractivity contribution in [3.63, 3.8) is 0 Å². The van der Waals surface area contributed by atoms with Gasteiger partial charge in [0.2, 0.25) is 23.6 Å². The molecular weight excluding hydrogens is 450 g/mol. The first kappa shape index (κ1) is 31.2. The van der Waals surface area contributed by atoms with Crippen LogP contribution >= 0.6 is 0 Å². The predicted molar refractivity (Wildman–Crippen MR) is 123 cm³/mol. The number of hydrogen-bond acceptors (Lipinski definition) is 9. The minimum absolute atomic E-state index is 0.0498. The van der Waals surface area contributed by atoms with E-state index in [-0.39, 0.29) is 25.7 Å². The van der Waals surface area contributed by atoms with E-state index >= 15 is 0 Å². The monoisotopic (exact) mass is 489 g/mol. The van der Waals surface area contributed by atoms with Gasteiger partial charge in [-0.2, -0.15) is 0 Å². The number of rotatable bonds is 19. The topological polar surface area (TPSA) is 266 Å². The van der Waals surface area contributed by atoms with Gasteiger partial charge in [-0.1, -0.05) is 0 Å². The van der Waals surface area contributed by atoms with Crippen molar-refractivity contribution in [3.05, 3.63) is 0 Å². The van der Waals surface area contributed by atoms with Crippen molar-refractivity contribution in [1.29, 1.82) is 0 Å². The van der Waals surface area contributed by atoms with Crippen LogP contribution in [0.2, 0.25) is 0 Å². The van der Waals surface area contributed by atoms with Gasteiger partial charge in [0, 0.05) is 6.42 Å². The lowest BCUT2D eigenvalue weighted by Gasteiger charge is -2.24. The standard InChI is InChI=1S/C20H39N7O7/c21-9-3-1-5-13(18(31)26-14(20(33)34)6-2-4-10-22)25-19(32)15(11-28)27-17(30)12(23)7-8-16(24)29/h12-15,28H,1-11,21-23H2,(H2,24,29)(H,25,32)(H,26,31)(H,27,30)(H,33,34). The van der Waals surface area contributed by atoms with Gasteiger partial charge in [-0.3, -0.25) is 19.2 Å². The van der Waals surface area contributed by atoms with Crippen LogP contribution in [0.3, 0.4) is 0 Å². The average molecular weight is 490 g/mol. The maximum atomic E-state index is 12.8. The molecule has 0 saturated carbocycles.